The minimum absolute atomic E-state index is 0.0919. The second-order valence-corrected chi connectivity index (χ2v) is 5.97. The van der Waals surface area contributed by atoms with Crippen LogP contribution < -0.4 is 5.32 Å². The highest BCUT2D eigenvalue weighted by molar-refractivity contribution is 6.30. The molecule has 1 aromatic heterocycles. The van der Waals surface area contributed by atoms with Gasteiger partial charge in [-0.2, -0.15) is 0 Å². The molecule has 1 aromatic carbocycles. The Labute approximate surface area is 132 Å². The summed E-state index contributed by atoms with van der Waals surface area (Å²) in [5, 5.41) is 3.71. The van der Waals surface area contributed by atoms with E-state index in [2.05, 4.69) is 15.3 Å². The van der Waals surface area contributed by atoms with Crippen LogP contribution in [0.25, 0.3) is 0 Å². The first-order valence-electron chi connectivity index (χ1n) is 7.07. The summed E-state index contributed by atoms with van der Waals surface area (Å²) in [6, 6.07) is 4.55. The van der Waals surface area contributed by atoms with Gasteiger partial charge in [-0.1, -0.05) is 11.6 Å². The molecular weight excluding hydrogens is 305 g/mol. The minimum atomic E-state index is -0.535. The number of hydrogen-bond acceptors (Lipinski definition) is 4. The smallest absolute Gasteiger partial charge is 0.223 e. The second-order valence-electron chi connectivity index (χ2n) is 5.54. The van der Waals surface area contributed by atoms with Crippen molar-refractivity contribution in [3.63, 3.8) is 0 Å². The number of nitrogens with one attached hydrogen (secondary N) is 1. The van der Waals surface area contributed by atoms with E-state index in [1.165, 1.54) is 31.5 Å². The van der Waals surface area contributed by atoms with Crippen molar-refractivity contribution in [3.8, 4) is 0 Å². The third kappa shape index (κ3) is 2.68. The summed E-state index contributed by atoms with van der Waals surface area (Å²) >= 11 is 6.00. The average molecular weight is 320 g/mol. The van der Waals surface area contributed by atoms with Gasteiger partial charge >= 0.3 is 0 Å². The van der Waals surface area contributed by atoms with Crippen LogP contribution in [0.15, 0.2) is 30.6 Å². The van der Waals surface area contributed by atoms with Crippen LogP contribution in [0.4, 0.5) is 10.3 Å². The highest BCUT2D eigenvalue weighted by atomic mass is 35.5. The maximum Gasteiger partial charge on any atom is 0.223 e. The van der Waals surface area contributed by atoms with Gasteiger partial charge in [0, 0.05) is 23.0 Å². The van der Waals surface area contributed by atoms with Crippen LogP contribution in [0.5, 0.6) is 0 Å². The van der Waals surface area contributed by atoms with Crippen molar-refractivity contribution in [1.29, 1.82) is 0 Å². The van der Waals surface area contributed by atoms with Crippen molar-refractivity contribution in [1.82, 2.24) is 9.97 Å². The number of anilines is 1. The molecule has 22 heavy (non-hydrogen) atoms. The Morgan fingerprint density at radius 3 is 2.55 bits per heavy atom. The van der Waals surface area contributed by atoms with Crippen LogP contribution in [-0.2, 0) is 5.54 Å². The van der Waals surface area contributed by atoms with E-state index in [1.54, 1.807) is 6.07 Å². The molecule has 0 bridgehead atoms. The van der Waals surface area contributed by atoms with E-state index in [-0.39, 0.29) is 11.6 Å². The number of Topliss-reactive ketones (excluding diaryl/α,β-unsaturated/α-hetero) is 1. The number of carbonyl (C=O) groups excluding carboxylic acids is 1. The lowest BCUT2D eigenvalue weighted by atomic mass is 9.71. The fourth-order valence-corrected chi connectivity index (χ4v) is 2.82. The van der Waals surface area contributed by atoms with Crippen molar-refractivity contribution in [2.45, 2.75) is 31.7 Å². The minimum Gasteiger partial charge on any atom is -0.345 e. The third-order valence-corrected chi connectivity index (χ3v) is 4.30. The van der Waals surface area contributed by atoms with Crippen molar-refractivity contribution in [2.75, 3.05) is 5.32 Å². The number of carbonyl (C=O) groups is 1. The molecule has 1 aliphatic carbocycles. The van der Waals surface area contributed by atoms with Gasteiger partial charge in [-0.15, -0.1) is 0 Å². The molecule has 0 saturated heterocycles. The number of aromatic nitrogens is 2. The van der Waals surface area contributed by atoms with E-state index in [1.807, 2.05) is 0 Å². The maximum absolute atomic E-state index is 14.2. The molecule has 1 heterocycles. The Kier molecular flexibility index (Phi) is 3.83. The largest absolute Gasteiger partial charge is 0.345 e. The first kappa shape index (κ1) is 14.9. The Hall–Kier alpha value is -2.01. The first-order chi connectivity index (χ1) is 10.5. The highest BCUT2D eigenvalue weighted by Gasteiger charge is 2.41. The normalized spacial score (nSPS) is 16.0. The van der Waals surface area contributed by atoms with Gasteiger partial charge in [0.1, 0.15) is 5.82 Å². The predicted molar refractivity (Wildman–Crippen MR) is 82.6 cm³/mol. The summed E-state index contributed by atoms with van der Waals surface area (Å²) < 4.78 is 14.2. The molecule has 0 atom stereocenters. The molecule has 6 heteroatoms. The molecule has 0 unspecified atom stereocenters. The molecule has 2 aromatic rings. The van der Waals surface area contributed by atoms with Crippen molar-refractivity contribution in [3.05, 3.63) is 52.6 Å². The van der Waals surface area contributed by atoms with E-state index in [9.17, 15) is 9.18 Å². The van der Waals surface area contributed by atoms with E-state index in [0.29, 0.717) is 22.1 Å². The lowest BCUT2D eigenvalue weighted by Crippen LogP contribution is -2.43. The van der Waals surface area contributed by atoms with Gasteiger partial charge in [0.25, 0.3) is 0 Å². The molecular formula is C16H15ClFN3O. The van der Waals surface area contributed by atoms with Crippen molar-refractivity contribution in [2.24, 2.45) is 0 Å². The monoisotopic (exact) mass is 319 g/mol. The summed E-state index contributed by atoms with van der Waals surface area (Å²) in [7, 11) is 0. The zero-order chi connectivity index (χ0) is 15.7. The fourth-order valence-electron chi connectivity index (χ4n) is 2.64. The SMILES string of the molecule is CC(=O)c1cnc(NC2(c3cc(Cl)ccc3F)CCC2)nc1. The molecule has 0 aliphatic heterocycles. The Morgan fingerprint density at radius 2 is 2.00 bits per heavy atom. The number of halogens is 2. The topological polar surface area (TPSA) is 54.9 Å². The average Bonchev–Trinajstić information content (AvgIpc) is 2.46. The Balaban J connectivity index is 1.90. The van der Waals surface area contributed by atoms with Gasteiger partial charge < -0.3 is 5.32 Å². The summed E-state index contributed by atoms with van der Waals surface area (Å²) in [5.74, 6) is -0.00757. The van der Waals surface area contributed by atoms with Gasteiger partial charge in [0.15, 0.2) is 5.78 Å². The number of rotatable bonds is 4. The standard InChI is InChI=1S/C16H15ClFN3O/c1-10(22)11-8-19-15(20-9-11)21-16(5-2-6-16)13-7-12(17)3-4-14(13)18/h3-4,7-9H,2,5-6H2,1H3,(H,19,20,21). The van der Waals surface area contributed by atoms with Crippen molar-refractivity contribution >= 4 is 23.3 Å². The summed E-state index contributed by atoms with van der Waals surface area (Å²) in [6.07, 6.45) is 5.49. The van der Waals surface area contributed by atoms with Gasteiger partial charge in [-0.3, -0.25) is 4.79 Å². The third-order valence-electron chi connectivity index (χ3n) is 4.06. The zero-order valence-electron chi connectivity index (χ0n) is 12.1. The number of nitrogens with zero attached hydrogens (tertiary/aromatic N) is 2. The Bertz CT molecular complexity index is 714. The van der Waals surface area contributed by atoms with Crippen LogP contribution in [-0.4, -0.2) is 15.8 Å². The Morgan fingerprint density at radius 1 is 1.32 bits per heavy atom. The van der Waals surface area contributed by atoms with E-state index >= 15 is 0 Å². The van der Waals surface area contributed by atoms with Crippen molar-refractivity contribution < 1.29 is 9.18 Å². The van der Waals surface area contributed by atoms with Gasteiger partial charge in [0.2, 0.25) is 5.95 Å². The first-order valence-corrected chi connectivity index (χ1v) is 7.45. The second kappa shape index (κ2) is 5.65. The molecule has 0 amide bonds. The maximum atomic E-state index is 14.2. The molecule has 1 fully saturated rings. The summed E-state index contributed by atoms with van der Waals surface area (Å²) in [5.41, 5.74) is 0.444. The number of benzene rings is 1. The molecule has 4 nitrogen and oxygen atoms in total. The van der Waals surface area contributed by atoms with Crippen LogP contribution in [0.2, 0.25) is 5.02 Å². The molecule has 114 valence electrons. The number of ketones is 1. The van der Waals surface area contributed by atoms with Crippen LogP contribution in [0.1, 0.15) is 42.1 Å². The number of hydrogen-bond donors (Lipinski definition) is 1. The molecule has 3 rings (SSSR count). The van der Waals surface area contributed by atoms with E-state index < -0.39 is 5.54 Å². The quantitative estimate of drug-likeness (QED) is 0.867. The predicted octanol–water partition coefficient (Wildman–Crippen LogP) is 3.96. The van der Waals surface area contributed by atoms with E-state index in [4.69, 9.17) is 11.6 Å². The molecule has 0 radical (unpaired) electrons. The summed E-state index contributed by atoms with van der Waals surface area (Å²) in [6.45, 7) is 1.46. The fraction of sp³-hybridized carbons (Fsp3) is 0.312. The van der Waals surface area contributed by atoms with Crippen LogP contribution in [0, 0.1) is 5.82 Å². The van der Waals surface area contributed by atoms with Gasteiger partial charge in [-0.05, 0) is 44.4 Å². The molecule has 1 saturated carbocycles. The van der Waals surface area contributed by atoms with Crippen LogP contribution in [0.3, 0.4) is 0 Å². The molecule has 1 aliphatic rings. The van der Waals surface area contributed by atoms with E-state index in [0.717, 1.165) is 19.3 Å². The molecule has 1 N–H and O–H groups in total. The highest BCUT2D eigenvalue weighted by Crippen LogP contribution is 2.45. The lowest BCUT2D eigenvalue weighted by Gasteiger charge is -2.43. The summed E-state index contributed by atoms with van der Waals surface area (Å²) in [4.78, 5) is 19.5. The lowest BCUT2D eigenvalue weighted by molar-refractivity contribution is 0.101. The zero-order valence-corrected chi connectivity index (χ0v) is 12.8. The van der Waals surface area contributed by atoms with Crippen LogP contribution >= 0.6 is 11.6 Å². The van der Waals surface area contributed by atoms with Gasteiger partial charge in [0.05, 0.1) is 11.1 Å². The van der Waals surface area contributed by atoms with Gasteiger partial charge in [-0.25, -0.2) is 14.4 Å². The molecule has 0 spiro atoms.